The highest BCUT2D eigenvalue weighted by molar-refractivity contribution is 8.03. The van der Waals surface area contributed by atoms with Crippen LogP contribution in [-0.4, -0.2) is 49.8 Å². The van der Waals surface area contributed by atoms with Gasteiger partial charge < -0.3 is 25.2 Å². The molecule has 0 saturated heterocycles. The molecule has 0 radical (unpaired) electrons. The summed E-state index contributed by atoms with van der Waals surface area (Å²) in [6, 6.07) is 6.16. The molecule has 0 aliphatic carbocycles. The summed E-state index contributed by atoms with van der Waals surface area (Å²) in [5, 5.41) is 26.5. The number of halogens is 1. The van der Waals surface area contributed by atoms with E-state index >= 15 is 0 Å². The molecule has 1 aliphatic rings. The second-order valence-corrected chi connectivity index (χ2v) is 8.48. The van der Waals surface area contributed by atoms with E-state index in [0.29, 0.717) is 28.7 Å². The monoisotopic (exact) mass is 427 g/mol. The van der Waals surface area contributed by atoms with Gasteiger partial charge in [-0.2, -0.15) is 5.26 Å². The quantitative estimate of drug-likeness (QED) is 0.576. The predicted molar refractivity (Wildman–Crippen MR) is 117 cm³/mol. The Balaban J connectivity index is 0.00000392. The summed E-state index contributed by atoms with van der Waals surface area (Å²) in [7, 11) is 3.22. The van der Waals surface area contributed by atoms with Crippen LogP contribution in [0.4, 0.5) is 0 Å². The molecule has 1 heterocycles. The fourth-order valence-corrected chi connectivity index (χ4v) is 3.67. The summed E-state index contributed by atoms with van der Waals surface area (Å²) < 4.78 is 10.8. The van der Waals surface area contributed by atoms with E-state index in [-0.39, 0.29) is 17.9 Å². The number of rotatable bonds is 7. The van der Waals surface area contributed by atoms with Gasteiger partial charge in [0.2, 0.25) is 0 Å². The van der Waals surface area contributed by atoms with E-state index < -0.39 is 6.10 Å². The number of allylic oxidation sites excluding steroid dienone is 1. The Hall–Kier alpha value is -1.59. The molecular weight excluding hydrogens is 398 g/mol. The van der Waals surface area contributed by atoms with Crippen LogP contribution in [0, 0.1) is 11.3 Å². The van der Waals surface area contributed by atoms with Crippen molar-refractivity contribution in [3.8, 4) is 17.6 Å². The Kier molecular flexibility index (Phi) is 9.45. The molecule has 3 N–H and O–H groups in total. The minimum Gasteiger partial charge on any atom is -0.493 e. The number of benzene rings is 1. The van der Waals surface area contributed by atoms with Crippen molar-refractivity contribution in [1.29, 1.82) is 5.26 Å². The van der Waals surface area contributed by atoms with Crippen LogP contribution in [0.15, 0.2) is 17.0 Å². The fraction of sp³-hybridized carbons (Fsp3) is 0.550. The lowest BCUT2D eigenvalue weighted by molar-refractivity contribution is 0.183. The molecule has 1 unspecified atom stereocenters. The lowest BCUT2D eigenvalue weighted by atomic mass is 9.97. The molecular formula is C20H30ClN3O3S. The first kappa shape index (κ1) is 24.4. The van der Waals surface area contributed by atoms with Gasteiger partial charge in [0.15, 0.2) is 11.5 Å². The number of aliphatic hydroxyl groups excluding tert-OH is 1. The number of nitrogens with one attached hydrogen (secondary N) is 2. The topological polar surface area (TPSA) is 86.5 Å². The number of fused-ring (bicyclic) bond motifs is 1. The number of nitrogens with zero attached hydrogens (tertiary/aromatic N) is 1. The second kappa shape index (κ2) is 10.8. The van der Waals surface area contributed by atoms with E-state index in [1.54, 1.807) is 14.2 Å². The molecule has 1 atom stereocenters. The number of β-amino-alcohol motifs (C(OH)–C–C–N with tert-alkyl or cyclic N) is 1. The van der Waals surface area contributed by atoms with E-state index in [1.165, 1.54) is 11.8 Å². The number of ether oxygens (including phenoxy) is 2. The first-order valence-corrected chi connectivity index (χ1v) is 9.97. The van der Waals surface area contributed by atoms with Crippen molar-refractivity contribution in [2.45, 2.75) is 38.8 Å². The molecule has 1 aromatic carbocycles. The molecule has 0 saturated carbocycles. The highest BCUT2D eigenvalue weighted by Gasteiger charge is 2.22. The molecule has 0 fully saturated rings. The number of hydrogen-bond donors (Lipinski definition) is 3. The molecule has 156 valence electrons. The molecule has 0 bridgehead atoms. The normalized spacial score (nSPS) is 16.0. The van der Waals surface area contributed by atoms with Gasteiger partial charge in [0.25, 0.3) is 0 Å². The van der Waals surface area contributed by atoms with Crippen LogP contribution in [-0.2, 0) is 6.42 Å². The number of nitriles is 1. The Labute approximate surface area is 178 Å². The summed E-state index contributed by atoms with van der Waals surface area (Å²) in [6.07, 6.45) is 0.312. The van der Waals surface area contributed by atoms with Crippen molar-refractivity contribution in [1.82, 2.24) is 10.6 Å². The zero-order chi connectivity index (χ0) is 20.0. The van der Waals surface area contributed by atoms with E-state index in [2.05, 4.69) is 37.5 Å². The highest BCUT2D eigenvalue weighted by atomic mass is 35.5. The van der Waals surface area contributed by atoms with Crippen molar-refractivity contribution < 1.29 is 14.6 Å². The molecule has 0 amide bonds. The van der Waals surface area contributed by atoms with Crippen molar-refractivity contribution in [3.05, 3.63) is 28.2 Å². The Bertz CT molecular complexity index is 741. The van der Waals surface area contributed by atoms with Gasteiger partial charge in [0.1, 0.15) is 11.0 Å². The maximum atomic E-state index is 10.2. The van der Waals surface area contributed by atoms with Crippen molar-refractivity contribution in [3.63, 3.8) is 0 Å². The van der Waals surface area contributed by atoms with Gasteiger partial charge in [0, 0.05) is 29.9 Å². The first-order valence-electron chi connectivity index (χ1n) is 8.98. The van der Waals surface area contributed by atoms with Gasteiger partial charge in [-0.05, 0) is 44.9 Å². The van der Waals surface area contributed by atoms with Crippen LogP contribution >= 0.6 is 24.2 Å². The third-order valence-corrected chi connectivity index (χ3v) is 5.33. The standard InChI is InChI=1S/C20H29N3O3S.ClH/c1-20(2,3)23-11-14(24)12-27-18(10-21)19-15-9-17(26-5)16(25-4)8-13(15)6-7-22-19;/h8-9,14,22-24H,6-7,11-12H2,1-5H3;1H. The SMILES string of the molecule is COc1cc2c(cc1OC)C(=C(C#N)SCC(O)CNC(C)(C)C)NCC2.Cl. The Morgan fingerprint density at radius 3 is 2.54 bits per heavy atom. The van der Waals surface area contributed by atoms with Gasteiger partial charge in [0.05, 0.1) is 26.0 Å². The Morgan fingerprint density at radius 2 is 1.96 bits per heavy atom. The number of aliphatic hydroxyl groups is 1. The third-order valence-electron chi connectivity index (χ3n) is 4.19. The third kappa shape index (κ3) is 6.49. The molecule has 0 spiro atoms. The maximum absolute atomic E-state index is 10.2. The predicted octanol–water partition coefficient (Wildman–Crippen LogP) is 2.95. The number of methoxy groups -OCH3 is 2. The molecule has 1 aliphatic heterocycles. The average Bonchev–Trinajstić information content (AvgIpc) is 2.65. The molecule has 8 heteroatoms. The number of hydrogen-bond acceptors (Lipinski definition) is 7. The highest BCUT2D eigenvalue weighted by Crippen LogP contribution is 2.37. The lowest BCUT2D eigenvalue weighted by Crippen LogP contribution is -2.41. The van der Waals surface area contributed by atoms with Crippen LogP contribution in [0.2, 0.25) is 0 Å². The van der Waals surface area contributed by atoms with E-state index in [0.717, 1.165) is 29.8 Å². The van der Waals surface area contributed by atoms with E-state index in [9.17, 15) is 10.4 Å². The lowest BCUT2D eigenvalue weighted by Gasteiger charge is -2.25. The zero-order valence-electron chi connectivity index (χ0n) is 17.1. The summed E-state index contributed by atoms with van der Waals surface area (Å²) in [5.74, 6) is 1.77. The largest absolute Gasteiger partial charge is 0.493 e. The fourth-order valence-electron chi connectivity index (χ4n) is 2.80. The van der Waals surface area contributed by atoms with Crippen LogP contribution in [0.25, 0.3) is 5.70 Å². The van der Waals surface area contributed by atoms with Crippen molar-refractivity contribution in [2.24, 2.45) is 0 Å². The summed E-state index contributed by atoms with van der Waals surface area (Å²) in [5.41, 5.74) is 2.80. The van der Waals surface area contributed by atoms with E-state index in [1.807, 2.05) is 12.1 Å². The maximum Gasteiger partial charge on any atom is 0.161 e. The van der Waals surface area contributed by atoms with Crippen LogP contribution in [0.3, 0.4) is 0 Å². The molecule has 1 aromatic rings. The first-order chi connectivity index (χ1) is 12.8. The Morgan fingerprint density at radius 1 is 1.32 bits per heavy atom. The zero-order valence-corrected chi connectivity index (χ0v) is 18.7. The van der Waals surface area contributed by atoms with E-state index in [4.69, 9.17) is 9.47 Å². The minimum atomic E-state index is -0.536. The van der Waals surface area contributed by atoms with Crippen molar-refractivity contribution in [2.75, 3.05) is 33.1 Å². The number of thioether (sulfide) groups is 1. The molecule has 6 nitrogen and oxygen atoms in total. The minimum absolute atomic E-state index is 0. The average molecular weight is 428 g/mol. The second-order valence-electron chi connectivity index (χ2n) is 7.45. The molecule has 2 rings (SSSR count). The summed E-state index contributed by atoms with van der Waals surface area (Å²) in [6.45, 7) is 7.40. The van der Waals surface area contributed by atoms with Crippen LogP contribution < -0.4 is 20.1 Å². The molecule has 0 aromatic heterocycles. The molecule has 28 heavy (non-hydrogen) atoms. The smallest absolute Gasteiger partial charge is 0.161 e. The van der Waals surface area contributed by atoms with Gasteiger partial charge >= 0.3 is 0 Å². The summed E-state index contributed by atoms with van der Waals surface area (Å²) >= 11 is 1.37. The van der Waals surface area contributed by atoms with Gasteiger partial charge in [-0.15, -0.1) is 24.2 Å². The summed E-state index contributed by atoms with van der Waals surface area (Å²) in [4.78, 5) is 0.568. The van der Waals surface area contributed by atoms with Crippen LogP contribution in [0.5, 0.6) is 11.5 Å². The van der Waals surface area contributed by atoms with Gasteiger partial charge in [-0.3, -0.25) is 0 Å². The van der Waals surface area contributed by atoms with Gasteiger partial charge in [-0.1, -0.05) is 0 Å². The van der Waals surface area contributed by atoms with Gasteiger partial charge in [-0.25, -0.2) is 0 Å². The van der Waals surface area contributed by atoms with Crippen molar-refractivity contribution >= 4 is 29.9 Å². The van der Waals surface area contributed by atoms with Crippen LogP contribution in [0.1, 0.15) is 31.9 Å².